The molecule has 3 saturated carbocycles. The SMILES string of the molecule is COC(=O)C1CCC2C3CCC4CC(O)CCC4(C)C3C=CC12C. The first-order valence-electron chi connectivity index (χ1n) is 9.85. The number of aliphatic hydroxyl groups is 1. The van der Waals surface area contributed by atoms with Crippen LogP contribution < -0.4 is 0 Å². The molecule has 0 aromatic heterocycles. The molecule has 0 heterocycles. The number of fused-ring (bicyclic) bond motifs is 5. The van der Waals surface area contributed by atoms with Gasteiger partial charge >= 0.3 is 5.97 Å². The third-order valence-electron chi connectivity index (χ3n) is 8.56. The van der Waals surface area contributed by atoms with E-state index in [9.17, 15) is 9.90 Å². The highest BCUT2D eigenvalue weighted by atomic mass is 16.5. The number of allylic oxidation sites excluding steroid dienone is 2. The van der Waals surface area contributed by atoms with E-state index in [2.05, 4.69) is 26.0 Å². The van der Waals surface area contributed by atoms with Crippen LogP contribution in [0.2, 0.25) is 0 Å². The minimum atomic E-state index is -0.0901. The van der Waals surface area contributed by atoms with E-state index in [1.54, 1.807) is 0 Å². The second-order valence-electron chi connectivity index (χ2n) is 9.38. The van der Waals surface area contributed by atoms with Crippen molar-refractivity contribution in [1.29, 1.82) is 0 Å². The molecule has 1 N–H and O–H groups in total. The van der Waals surface area contributed by atoms with Gasteiger partial charge in [-0.3, -0.25) is 4.79 Å². The largest absolute Gasteiger partial charge is 0.469 e. The third kappa shape index (κ3) is 2.16. The minimum Gasteiger partial charge on any atom is -0.469 e. The lowest BCUT2D eigenvalue weighted by Gasteiger charge is -2.58. The zero-order chi connectivity index (χ0) is 17.1. The second kappa shape index (κ2) is 5.59. The smallest absolute Gasteiger partial charge is 0.309 e. The molecule has 134 valence electrons. The van der Waals surface area contributed by atoms with Gasteiger partial charge < -0.3 is 9.84 Å². The van der Waals surface area contributed by atoms with E-state index in [4.69, 9.17) is 4.74 Å². The Morgan fingerprint density at radius 2 is 1.96 bits per heavy atom. The summed E-state index contributed by atoms with van der Waals surface area (Å²) in [4.78, 5) is 12.3. The lowest BCUT2D eigenvalue weighted by Crippen LogP contribution is -2.52. The number of rotatable bonds is 1. The molecule has 8 unspecified atom stereocenters. The fourth-order valence-corrected chi connectivity index (χ4v) is 7.13. The molecule has 0 bridgehead atoms. The number of methoxy groups -OCH3 is 1. The maximum absolute atomic E-state index is 12.3. The van der Waals surface area contributed by atoms with Gasteiger partial charge in [0.15, 0.2) is 0 Å². The Kier molecular flexibility index (Phi) is 3.87. The number of esters is 1. The molecule has 4 aliphatic carbocycles. The summed E-state index contributed by atoms with van der Waals surface area (Å²) in [6, 6.07) is 0. The molecule has 0 amide bonds. The maximum atomic E-state index is 12.3. The molecular weight excluding hydrogens is 300 g/mol. The molecule has 0 saturated heterocycles. The molecule has 4 aliphatic rings. The summed E-state index contributed by atoms with van der Waals surface area (Å²) in [6.45, 7) is 4.76. The van der Waals surface area contributed by atoms with Crippen LogP contribution in [0, 0.1) is 40.4 Å². The summed E-state index contributed by atoms with van der Waals surface area (Å²) >= 11 is 0. The van der Waals surface area contributed by atoms with E-state index >= 15 is 0 Å². The number of hydrogen-bond acceptors (Lipinski definition) is 3. The molecule has 0 radical (unpaired) electrons. The average molecular weight is 332 g/mol. The Balaban J connectivity index is 1.66. The highest BCUT2D eigenvalue weighted by molar-refractivity contribution is 5.74. The van der Waals surface area contributed by atoms with Gasteiger partial charge in [0.25, 0.3) is 0 Å². The topological polar surface area (TPSA) is 46.5 Å². The van der Waals surface area contributed by atoms with Gasteiger partial charge in [-0.05, 0) is 74.0 Å². The van der Waals surface area contributed by atoms with Gasteiger partial charge in [-0.25, -0.2) is 0 Å². The molecule has 3 fully saturated rings. The number of hydrogen-bond donors (Lipinski definition) is 1. The Labute approximate surface area is 145 Å². The maximum Gasteiger partial charge on any atom is 0.309 e. The molecule has 8 atom stereocenters. The van der Waals surface area contributed by atoms with Gasteiger partial charge in [0.2, 0.25) is 0 Å². The number of aliphatic hydroxyl groups excluding tert-OH is 1. The van der Waals surface area contributed by atoms with E-state index in [1.165, 1.54) is 20.0 Å². The number of carbonyl (C=O) groups is 1. The highest BCUT2D eigenvalue weighted by Crippen LogP contribution is 2.65. The zero-order valence-corrected chi connectivity index (χ0v) is 15.3. The molecule has 0 spiro atoms. The van der Waals surface area contributed by atoms with Gasteiger partial charge in [-0.1, -0.05) is 26.0 Å². The summed E-state index contributed by atoms with van der Waals surface area (Å²) in [5.74, 6) is 2.60. The van der Waals surface area contributed by atoms with Crippen LogP contribution in [0.15, 0.2) is 12.2 Å². The van der Waals surface area contributed by atoms with Crippen molar-refractivity contribution in [3.63, 3.8) is 0 Å². The van der Waals surface area contributed by atoms with Gasteiger partial charge in [0.1, 0.15) is 0 Å². The summed E-state index contributed by atoms with van der Waals surface area (Å²) < 4.78 is 5.10. The first-order chi connectivity index (χ1) is 11.4. The first kappa shape index (κ1) is 16.6. The van der Waals surface area contributed by atoms with Gasteiger partial charge in [-0.2, -0.15) is 0 Å². The highest BCUT2D eigenvalue weighted by Gasteiger charge is 2.59. The van der Waals surface area contributed by atoms with Crippen LogP contribution in [-0.2, 0) is 9.53 Å². The van der Waals surface area contributed by atoms with E-state index in [0.29, 0.717) is 29.1 Å². The first-order valence-corrected chi connectivity index (χ1v) is 9.85. The Morgan fingerprint density at radius 3 is 2.71 bits per heavy atom. The quantitative estimate of drug-likeness (QED) is 0.584. The van der Waals surface area contributed by atoms with E-state index in [1.807, 2.05) is 0 Å². The van der Waals surface area contributed by atoms with Crippen LogP contribution in [0.4, 0.5) is 0 Å². The van der Waals surface area contributed by atoms with Crippen LogP contribution in [0.3, 0.4) is 0 Å². The van der Waals surface area contributed by atoms with Gasteiger partial charge in [0.05, 0.1) is 19.1 Å². The summed E-state index contributed by atoms with van der Waals surface area (Å²) in [5.41, 5.74) is 0.314. The third-order valence-corrected chi connectivity index (χ3v) is 8.56. The minimum absolute atomic E-state index is 0.0222. The van der Waals surface area contributed by atoms with Crippen molar-refractivity contribution in [2.75, 3.05) is 7.11 Å². The predicted octanol–water partition coefficient (Wildman–Crippen LogP) is 3.96. The fourth-order valence-electron chi connectivity index (χ4n) is 7.13. The van der Waals surface area contributed by atoms with Crippen LogP contribution >= 0.6 is 0 Å². The molecule has 0 aliphatic heterocycles. The van der Waals surface area contributed by atoms with E-state index in [-0.39, 0.29) is 23.4 Å². The van der Waals surface area contributed by atoms with Crippen LogP contribution in [0.1, 0.15) is 58.8 Å². The van der Waals surface area contributed by atoms with E-state index < -0.39 is 0 Å². The molecule has 3 heteroatoms. The molecule has 4 rings (SSSR count). The van der Waals surface area contributed by atoms with E-state index in [0.717, 1.165) is 32.1 Å². The van der Waals surface area contributed by atoms with Crippen LogP contribution in [0.25, 0.3) is 0 Å². The molecule has 3 nitrogen and oxygen atoms in total. The van der Waals surface area contributed by atoms with Crippen molar-refractivity contribution >= 4 is 5.97 Å². The average Bonchev–Trinajstić information content (AvgIpc) is 2.92. The summed E-state index contributed by atoms with van der Waals surface area (Å²) in [7, 11) is 1.52. The Hall–Kier alpha value is -0.830. The molecular formula is C21H32O3. The van der Waals surface area contributed by atoms with Gasteiger partial charge in [0, 0.05) is 5.41 Å². The van der Waals surface area contributed by atoms with Crippen molar-refractivity contribution in [2.24, 2.45) is 40.4 Å². The second-order valence-corrected chi connectivity index (χ2v) is 9.38. The van der Waals surface area contributed by atoms with Crippen LogP contribution in [-0.4, -0.2) is 24.3 Å². The predicted molar refractivity (Wildman–Crippen MR) is 93.1 cm³/mol. The number of carbonyl (C=O) groups excluding carboxylic acids is 1. The van der Waals surface area contributed by atoms with Gasteiger partial charge in [-0.15, -0.1) is 0 Å². The zero-order valence-electron chi connectivity index (χ0n) is 15.3. The van der Waals surface area contributed by atoms with Crippen molar-refractivity contribution in [1.82, 2.24) is 0 Å². The monoisotopic (exact) mass is 332 g/mol. The van der Waals surface area contributed by atoms with Crippen LogP contribution in [0.5, 0.6) is 0 Å². The standard InChI is InChI=1S/C21H32O3/c1-20-10-8-14(22)12-13(20)4-5-15-16-6-7-18(19(23)24-3)21(16,2)11-9-17(15)20/h9,11,13-18,22H,4-8,10,12H2,1-3H3. The number of ether oxygens (including phenoxy) is 1. The Morgan fingerprint density at radius 1 is 1.17 bits per heavy atom. The molecule has 24 heavy (non-hydrogen) atoms. The van der Waals surface area contributed by atoms with Crippen molar-refractivity contribution in [3.05, 3.63) is 12.2 Å². The Bertz CT molecular complexity index is 555. The molecule has 0 aromatic carbocycles. The van der Waals surface area contributed by atoms with Crippen molar-refractivity contribution < 1.29 is 14.6 Å². The lowest BCUT2D eigenvalue weighted by atomic mass is 9.47. The van der Waals surface area contributed by atoms with Crippen molar-refractivity contribution in [3.8, 4) is 0 Å². The summed E-state index contributed by atoms with van der Waals surface area (Å²) in [6.07, 6.45) is 12.5. The summed E-state index contributed by atoms with van der Waals surface area (Å²) in [5, 5.41) is 10.1. The normalized spacial score (nSPS) is 53.0. The lowest BCUT2D eigenvalue weighted by molar-refractivity contribution is -0.149. The fraction of sp³-hybridized carbons (Fsp3) is 0.857. The molecule has 0 aromatic rings. The van der Waals surface area contributed by atoms with Crippen molar-refractivity contribution in [2.45, 2.75) is 64.9 Å².